The van der Waals surface area contributed by atoms with Gasteiger partial charge in [-0.25, -0.2) is 0 Å². The molecule has 0 unspecified atom stereocenters. The van der Waals surface area contributed by atoms with Gasteiger partial charge in [-0.05, 0) is 13.8 Å². The molecular formula is C11H15N3O3. The van der Waals surface area contributed by atoms with Crippen LogP contribution in [0.4, 0.5) is 11.5 Å². The molecule has 1 N–H and O–H groups in total. The molecule has 0 saturated heterocycles. The van der Waals surface area contributed by atoms with E-state index >= 15 is 0 Å². The lowest BCUT2D eigenvalue weighted by Gasteiger charge is -2.05. The van der Waals surface area contributed by atoms with Crippen molar-refractivity contribution in [2.24, 2.45) is 0 Å². The fourth-order valence-electron chi connectivity index (χ4n) is 1.18. The highest BCUT2D eigenvalue weighted by molar-refractivity contribution is 5.57. The van der Waals surface area contributed by atoms with Crippen molar-refractivity contribution >= 4 is 11.5 Å². The van der Waals surface area contributed by atoms with Crippen molar-refractivity contribution in [2.45, 2.75) is 13.8 Å². The van der Waals surface area contributed by atoms with Crippen LogP contribution in [-0.2, 0) is 0 Å². The number of anilines is 1. The lowest BCUT2D eigenvalue weighted by molar-refractivity contribution is -0.384. The number of methoxy groups -OCH3 is 1. The number of nitrogens with zero attached hydrogens (tertiary/aromatic N) is 2. The smallest absolute Gasteiger partial charge is 0.311 e. The SMILES string of the molecule is COc1ccc([N+](=O)[O-])c(NCC=C(C)C)n1. The summed E-state index contributed by atoms with van der Waals surface area (Å²) in [5, 5.41) is 13.7. The largest absolute Gasteiger partial charge is 0.481 e. The molecule has 0 aromatic carbocycles. The zero-order chi connectivity index (χ0) is 12.8. The summed E-state index contributed by atoms with van der Waals surface area (Å²) in [6.45, 7) is 4.40. The summed E-state index contributed by atoms with van der Waals surface area (Å²) in [6, 6.07) is 2.83. The van der Waals surface area contributed by atoms with Crippen LogP contribution < -0.4 is 10.1 Å². The predicted octanol–water partition coefficient (Wildman–Crippen LogP) is 2.38. The fourth-order valence-corrected chi connectivity index (χ4v) is 1.18. The average molecular weight is 237 g/mol. The maximum atomic E-state index is 10.8. The number of hydrogen-bond donors (Lipinski definition) is 1. The number of nitrogens with one attached hydrogen (secondary N) is 1. The minimum Gasteiger partial charge on any atom is -0.481 e. The third-order valence-electron chi connectivity index (χ3n) is 2.03. The van der Waals surface area contributed by atoms with E-state index in [1.807, 2.05) is 19.9 Å². The Morgan fingerprint density at radius 3 is 2.82 bits per heavy atom. The minimum absolute atomic E-state index is 0.0621. The van der Waals surface area contributed by atoms with Gasteiger partial charge in [-0.15, -0.1) is 0 Å². The van der Waals surface area contributed by atoms with Gasteiger partial charge in [-0.3, -0.25) is 10.1 Å². The Bertz CT molecular complexity index is 440. The molecule has 1 heterocycles. The van der Waals surface area contributed by atoms with Crippen LogP contribution in [-0.4, -0.2) is 23.6 Å². The highest BCUT2D eigenvalue weighted by atomic mass is 16.6. The Kier molecular flexibility index (Phi) is 4.45. The summed E-state index contributed by atoms with van der Waals surface area (Å²) >= 11 is 0. The number of ether oxygens (including phenoxy) is 1. The van der Waals surface area contributed by atoms with Crippen molar-refractivity contribution in [2.75, 3.05) is 19.0 Å². The highest BCUT2D eigenvalue weighted by Crippen LogP contribution is 2.24. The average Bonchev–Trinajstić information content (AvgIpc) is 2.28. The van der Waals surface area contributed by atoms with Gasteiger partial charge >= 0.3 is 5.69 Å². The van der Waals surface area contributed by atoms with Crippen molar-refractivity contribution in [1.82, 2.24) is 4.98 Å². The number of nitro groups is 1. The first-order chi connectivity index (χ1) is 8.04. The van der Waals surface area contributed by atoms with Gasteiger partial charge in [-0.1, -0.05) is 11.6 Å². The molecule has 0 aliphatic carbocycles. The van der Waals surface area contributed by atoms with Crippen LogP contribution >= 0.6 is 0 Å². The quantitative estimate of drug-likeness (QED) is 0.483. The van der Waals surface area contributed by atoms with E-state index in [4.69, 9.17) is 4.74 Å². The van der Waals surface area contributed by atoms with Gasteiger partial charge in [0.05, 0.1) is 12.0 Å². The molecule has 1 rings (SSSR count). The van der Waals surface area contributed by atoms with Crippen molar-refractivity contribution in [3.63, 3.8) is 0 Å². The summed E-state index contributed by atoms with van der Waals surface area (Å²) in [6.07, 6.45) is 1.92. The van der Waals surface area contributed by atoms with E-state index < -0.39 is 4.92 Å². The van der Waals surface area contributed by atoms with Gasteiger partial charge in [0.25, 0.3) is 0 Å². The third-order valence-corrected chi connectivity index (χ3v) is 2.03. The van der Waals surface area contributed by atoms with Gasteiger partial charge in [-0.2, -0.15) is 4.98 Å². The number of hydrogen-bond acceptors (Lipinski definition) is 5. The molecule has 0 amide bonds. The first-order valence-corrected chi connectivity index (χ1v) is 5.11. The molecule has 6 nitrogen and oxygen atoms in total. The molecule has 0 aliphatic rings. The highest BCUT2D eigenvalue weighted by Gasteiger charge is 2.15. The Labute approximate surface area is 99.5 Å². The van der Waals surface area contributed by atoms with Crippen LogP contribution in [0.3, 0.4) is 0 Å². The van der Waals surface area contributed by atoms with Crippen molar-refractivity contribution in [1.29, 1.82) is 0 Å². The molecule has 92 valence electrons. The zero-order valence-corrected chi connectivity index (χ0v) is 10.1. The maximum absolute atomic E-state index is 10.8. The first-order valence-electron chi connectivity index (χ1n) is 5.11. The summed E-state index contributed by atoms with van der Waals surface area (Å²) in [5.41, 5.74) is 1.07. The summed E-state index contributed by atoms with van der Waals surface area (Å²) in [7, 11) is 1.47. The van der Waals surface area contributed by atoms with Gasteiger partial charge in [0.15, 0.2) is 0 Å². The van der Waals surface area contributed by atoms with Crippen molar-refractivity contribution < 1.29 is 9.66 Å². The molecule has 1 aromatic rings. The molecular weight excluding hydrogens is 222 g/mol. The second-order valence-electron chi connectivity index (χ2n) is 3.64. The van der Waals surface area contributed by atoms with Crippen molar-refractivity contribution in [3.05, 3.63) is 33.9 Å². The molecule has 6 heteroatoms. The third kappa shape index (κ3) is 3.75. The van der Waals surface area contributed by atoms with E-state index in [0.717, 1.165) is 5.57 Å². The molecule has 0 atom stereocenters. The first kappa shape index (κ1) is 13.0. The van der Waals surface area contributed by atoms with Gasteiger partial charge in [0, 0.05) is 18.7 Å². The Hall–Kier alpha value is -2.11. The number of allylic oxidation sites excluding steroid dienone is 1. The standard InChI is InChI=1S/C11H15N3O3/c1-8(2)6-7-12-11-9(14(15)16)4-5-10(13-11)17-3/h4-6H,7H2,1-3H3,(H,12,13). The van der Waals surface area contributed by atoms with E-state index in [-0.39, 0.29) is 11.5 Å². The van der Waals surface area contributed by atoms with Crippen LogP contribution in [0.25, 0.3) is 0 Å². The molecule has 0 aliphatic heterocycles. The Balaban J connectivity index is 2.93. The van der Waals surface area contributed by atoms with Crippen molar-refractivity contribution in [3.8, 4) is 5.88 Å². The Morgan fingerprint density at radius 1 is 1.59 bits per heavy atom. The molecule has 0 fully saturated rings. The van der Waals surface area contributed by atoms with E-state index in [2.05, 4.69) is 10.3 Å². The predicted molar refractivity (Wildman–Crippen MR) is 65.4 cm³/mol. The molecule has 1 aromatic heterocycles. The second kappa shape index (κ2) is 5.83. The summed E-state index contributed by atoms with van der Waals surface area (Å²) in [4.78, 5) is 14.3. The van der Waals surface area contributed by atoms with Crippen LogP contribution in [0.15, 0.2) is 23.8 Å². The maximum Gasteiger partial charge on any atom is 0.311 e. The second-order valence-corrected chi connectivity index (χ2v) is 3.64. The molecule has 17 heavy (non-hydrogen) atoms. The molecule has 0 radical (unpaired) electrons. The van der Waals surface area contributed by atoms with Gasteiger partial charge < -0.3 is 10.1 Å². The zero-order valence-electron chi connectivity index (χ0n) is 10.1. The topological polar surface area (TPSA) is 77.3 Å². The summed E-state index contributed by atoms with van der Waals surface area (Å²) < 4.78 is 4.93. The monoisotopic (exact) mass is 237 g/mol. The van der Waals surface area contributed by atoms with Crippen LogP contribution in [0.5, 0.6) is 5.88 Å². The Morgan fingerprint density at radius 2 is 2.29 bits per heavy atom. The fraction of sp³-hybridized carbons (Fsp3) is 0.364. The van der Waals surface area contributed by atoms with E-state index in [9.17, 15) is 10.1 Å². The molecule has 0 saturated carbocycles. The molecule has 0 bridgehead atoms. The van der Waals surface area contributed by atoms with Gasteiger partial charge in [0.2, 0.25) is 11.7 Å². The normalized spacial score (nSPS) is 9.59. The number of aromatic nitrogens is 1. The lowest BCUT2D eigenvalue weighted by atomic mass is 10.3. The molecule has 0 spiro atoms. The minimum atomic E-state index is -0.475. The van der Waals surface area contributed by atoms with E-state index in [1.54, 1.807) is 0 Å². The van der Waals surface area contributed by atoms with Crippen LogP contribution in [0, 0.1) is 10.1 Å². The van der Waals surface area contributed by atoms with Crippen LogP contribution in [0.1, 0.15) is 13.8 Å². The van der Waals surface area contributed by atoms with Crippen LogP contribution in [0.2, 0.25) is 0 Å². The summed E-state index contributed by atoms with van der Waals surface area (Å²) in [5.74, 6) is 0.558. The lowest BCUT2D eigenvalue weighted by Crippen LogP contribution is -2.05. The number of rotatable bonds is 5. The van der Waals surface area contributed by atoms with Gasteiger partial charge in [0.1, 0.15) is 0 Å². The van der Waals surface area contributed by atoms with E-state index in [0.29, 0.717) is 12.4 Å². The van der Waals surface area contributed by atoms with E-state index in [1.165, 1.54) is 19.2 Å². The number of pyridine rings is 1.